The average molecular weight is 838 g/mol. The van der Waals surface area contributed by atoms with Crippen LogP contribution < -0.4 is 15.0 Å². The van der Waals surface area contributed by atoms with Gasteiger partial charge in [-0.2, -0.15) is 0 Å². The van der Waals surface area contributed by atoms with Gasteiger partial charge in [-0.3, -0.25) is 14.4 Å². The normalized spacial score (nSPS) is 26.6. The van der Waals surface area contributed by atoms with E-state index < -0.39 is 52.9 Å². The van der Waals surface area contributed by atoms with Gasteiger partial charge in [0.1, 0.15) is 28.8 Å². The molecule has 2 bridgehead atoms. The Hall–Kier alpha value is -3.47. The summed E-state index contributed by atoms with van der Waals surface area (Å²) in [6.07, 6.45) is 6.29. The molecule has 3 amide bonds. The number of methoxy groups -OCH3 is 3. The number of thioether (sulfide) groups is 1. The summed E-state index contributed by atoms with van der Waals surface area (Å²) in [6, 6.07) is 3.21. The molecule has 7 atom stereocenters. The van der Waals surface area contributed by atoms with Crippen LogP contribution in [-0.4, -0.2) is 137 Å². The van der Waals surface area contributed by atoms with Crippen molar-refractivity contribution in [3.63, 3.8) is 0 Å². The molecular formula is C41H60ClN3O11S. The SMILES string of the molecule is COc1cc2cc(c1Cl)N(C)C(=O)C[C@H](OC(=O)C(C)(C)OCCCSC(CC=O)C(=O)N(C)C)C1(C)OC1CC(OC)CC(NC=O)[C@H](OC)/C=C/C=C(\C)C2. The van der Waals surface area contributed by atoms with Crippen LogP contribution in [-0.2, 0) is 54.1 Å². The molecule has 1 aromatic rings. The smallest absolute Gasteiger partial charge is 0.338 e. The molecule has 5 unspecified atom stereocenters. The van der Waals surface area contributed by atoms with Crippen molar-refractivity contribution in [1.82, 2.24) is 10.2 Å². The number of anilines is 1. The number of hydrogen-bond acceptors (Lipinski definition) is 12. The Morgan fingerprint density at radius 3 is 2.51 bits per heavy atom. The lowest BCUT2D eigenvalue weighted by atomic mass is 9.91. The van der Waals surface area contributed by atoms with Crippen molar-refractivity contribution in [2.24, 2.45) is 0 Å². The molecule has 0 aromatic heterocycles. The first kappa shape index (κ1) is 47.9. The number of nitrogens with zero attached hydrogens (tertiary/aromatic N) is 2. The highest BCUT2D eigenvalue weighted by Gasteiger charge is 2.61. The molecule has 1 aromatic carbocycles. The van der Waals surface area contributed by atoms with Crippen LogP contribution in [0, 0.1) is 0 Å². The van der Waals surface area contributed by atoms with Gasteiger partial charge >= 0.3 is 5.97 Å². The number of amides is 3. The van der Waals surface area contributed by atoms with Gasteiger partial charge in [0.05, 0.1) is 48.8 Å². The highest BCUT2D eigenvalue weighted by molar-refractivity contribution is 8.00. The number of aldehydes is 1. The number of rotatable bonds is 16. The third-order valence-corrected chi connectivity index (χ3v) is 12.0. The summed E-state index contributed by atoms with van der Waals surface area (Å²) in [7, 11) is 9.55. The lowest BCUT2D eigenvalue weighted by Crippen LogP contribution is -2.46. The third kappa shape index (κ3) is 13.3. The zero-order valence-electron chi connectivity index (χ0n) is 34.8. The number of carbonyl (C=O) groups excluding carboxylic acids is 5. The molecule has 1 fully saturated rings. The number of benzene rings is 1. The molecule has 318 valence electrons. The lowest BCUT2D eigenvalue weighted by molar-refractivity contribution is -0.177. The molecule has 3 rings (SSSR count). The molecule has 57 heavy (non-hydrogen) atoms. The number of fused-ring (bicyclic) bond motifs is 3. The third-order valence-electron chi connectivity index (χ3n) is 10.3. The maximum atomic E-state index is 14.2. The first-order valence-corrected chi connectivity index (χ1v) is 20.4. The second-order valence-electron chi connectivity index (χ2n) is 15.2. The highest BCUT2D eigenvalue weighted by Crippen LogP contribution is 2.46. The molecule has 0 spiro atoms. The van der Waals surface area contributed by atoms with Crippen molar-refractivity contribution in [2.75, 3.05) is 59.7 Å². The number of ether oxygens (including phenoxy) is 6. The number of nitrogens with one attached hydrogen (secondary N) is 1. The topological polar surface area (TPSA) is 163 Å². The van der Waals surface area contributed by atoms with Gasteiger partial charge in [-0.1, -0.05) is 35.4 Å². The van der Waals surface area contributed by atoms with Gasteiger partial charge in [0.2, 0.25) is 18.2 Å². The molecular weight excluding hydrogens is 778 g/mol. The molecule has 1 saturated heterocycles. The van der Waals surface area contributed by atoms with E-state index in [1.165, 1.54) is 28.7 Å². The van der Waals surface area contributed by atoms with E-state index in [2.05, 4.69) is 5.32 Å². The molecule has 2 aliphatic rings. The monoisotopic (exact) mass is 837 g/mol. The Morgan fingerprint density at radius 2 is 1.89 bits per heavy atom. The molecule has 16 heteroatoms. The van der Waals surface area contributed by atoms with E-state index in [9.17, 15) is 24.0 Å². The molecule has 2 heterocycles. The second-order valence-corrected chi connectivity index (χ2v) is 16.9. The molecule has 14 nitrogen and oxygen atoms in total. The minimum atomic E-state index is -1.41. The van der Waals surface area contributed by atoms with Gasteiger partial charge in [-0.05, 0) is 70.4 Å². The van der Waals surface area contributed by atoms with Crippen LogP contribution in [0.2, 0.25) is 5.02 Å². The minimum absolute atomic E-state index is 0.103. The quantitative estimate of drug-likeness (QED) is 0.106. The Balaban J connectivity index is 1.92. The van der Waals surface area contributed by atoms with Crippen molar-refractivity contribution in [3.8, 4) is 5.75 Å². The Morgan fingerprint density at radius 1 is 1.18 bits per heavy atom. The van der Waals surface area contributed by atoms with Crippen LogP contribution in [0.3, 0.4) is 0 Å². The second kappa shape index (κ2) is 22.1. The van der Waals surface area contributed by atoms with Gasteiger partial charge in [0, 0.05) is 54.8 Å². The Labute approximate surface area is 346 Å². The summed E-state index contributed by atoms with van der Waals surface area (Å²) in [6.45, 7) is 7.13. The maximum Gasteiger partial charge on any atom is 0.338 e. The number of epoxide rings is 1. The standard InChI is InChI=1S/C41H60ClN3O11S/c1-26-13-11-14-31(52-9)29(43-25-47)22-28(51-8)23-35-41(4,56-35)34(24-36(48)45(7)30-20-27(19-26)21-32(53-10)37(30)42)55-39(50)40(2,3)54-17-12-18-57-33(15-16-46)38(49)44(5)6/h11,13-14,16,20-21,25,28-29,31,33-35H,12,15,17-19,22-24H2,1-10H3,(H,43,47)/b14-11+,26-13+/t28?,29?,31-,33?,34+,35?,41?/m1/s1. The van der Waals surface area contributed by atoms with Crippen LogP contribution in [0.5, 0.6) is 5.75 Å². The molecule has 0 radical (unpaired) electrons. The van der Waals surface area contributed by atoms with Crippen LogP contribution in [0.1, 0.15) is 65.4 Å². The fourth-order valence-corrected chi connectivity index (χ4v) is 8.05. The molecule has 1 N–H and O–H groups in total. The summed E-state index contributed by atoms with van der Waals surface area (Å²) < 4.78 is 35.7. The number of carbonyl (C=O) groups is 5. The van der Waals surface area contributed by atoms with E-state index in [4.69, 9.17) is 40.0 Å². The number of allylic oxidation sites excluding steroid dienone is 3. The zero-order valence-corrected chi connectivity index (χ0v) is 36.4. The number of hydrogen-bond donors (Lipinski definition) is 1. The van der Waals surface area contributed by atoms with Crippen LogP contribution >= 0.6 is 23.4 Å². The van der Waals surface area contributed by atoms with Gasteiger partial charge in [0.25, 0.3) is 0 Å². The van der Waals surface area contributed by atoms with E-state index in [-0.39, 0.29) is 36.3 Å². The van der Waals surface area contributed by atoms with Gasteiger partial charge in [0.15, 0.2) is 5.60 Å². The fraction of sp³-hybridized carbons (Fsp3) is 0.634. The van der Waals surface area contributed by atoms with E-state index >= 15 is 0 Å². The Kier molecular flexibility index (Phi) is 18.5. The Bertz CT molecular complexity index is 1620. The number of halogens is 1. The van der Waals surface area contributed by atoms with E-state index in [1.807, 2.05) is 37.3 Å². The molecule has 2 aliphatic heterocycles. The van der Waals surface area contributed by atoms with Crippen molar-refractivity contribution in [2.45, 2.75) is 113 Å². The van der Waals surface area contributed by atoms with E-state index in [0.29, 0.717) is 49.3 Å². The lowest BCUT2D eigenvalue weighted by Gasteiger charge is -2.30. The van der Waals surface area contributed by atoms with Gasteiger partial charge < -0.3 is 48.3 Å². The fourth-order valence-electron chi connectivity index (χ4n) is 6.60. The first-order chi connectivity index (χ1) is 27.0. The zero-order chi connectivity index (χ0) is 42.5. The van der Waals surface area contributed by atoms with E-state index in [0.717, 1.165) is 17.4 Å². The predicted octanol–water partition coefficient (Wildman–Crippen LogP) is 4.72. The maximum absolute atomic E-state index is 14.2. The molecule has 0 aliphatic carbocycles. The summed E-state index contributed by atoms with van der Waals surface area (Å²) in [4.78, 5) is 66.2. The highest BCUT2D eigenvalue weighted by atomic mass is 35.5. The summed E-state index contributed by atoms with van der Waals surface area (Å²) >= 11 is 8.14. The van der Waals surface area contributed by atoms with Crippen LogP contribution in [0.15, 0.2) is 35.9 Å². The summed E-state index contributed by atoms with van der Waals surface area (Å²) in [5.74, 6) is -0.299. The minimum Gasteiger partial charge on any atom is -0.495 e. The van der Waals surface area contributed by atoms with E-state index in [1.54, 1.807) is 56.1 Å². The van der Waals surface area contributed by atoms with Crippen molar-refractivity contribution >= 4 is 59.5 Å². The van der Waals surface area contributed by atoms with Gasteiger partial charge in [-0.25, -0.2) is 4.79 Å². The average Bonchev–Trinajstić information content (AvgIpc) is 3.83. The van der Waals surface area contributed by atoms with Crippen LogP contribution in [0.25, 0.3) is 0 Å². The van der Waals surface area contributed by atoms with Crippen molar-refractivity contribution in [1.29, 1.82) is 0 Å². The first-order valence-electron chi connectivity index (χ1n) is 19.0. The predicted molar refractivity (Wildman–Crippen MR) is 220 cm³/mol. The van der Waals surface area contributed by atoms with Gasteiger partial charge in [-0.15, -0.1) is 11.8 Å². The van der Waals surface area contributed by atoms with Crippen molar-refractivity contribution in [3.05, 3.63) is 46.5 Å². The van der Waals surface area contributed by atoms with Crippen LogP contribution in [0.4, 0.5) is 5.69 Å². The van der Waals surface area contributed by atoms with Crippen molar-refractivity contribution < 1.29 is 52.4 Å². The summed E-state index contributed by atoms with van der Waals surface area (Å²) in [5.41, 5.74) is -0.219. The molecule has 0 saturated carbocycles. The largest absolute Gasteiger partial charge is 0.495 e. The summed E-state index contributed by atoms with van der Waals surface area (Å²) in [5, 5.41) is 2.62. The number of esters is 1.